The van der Waals surface area contributed by atoms with E-state index in [4.69, 9.17) is 14.2 Å². The smallest absolute Gasteiger partial charge is 0.545 e. The molecule has 0 spiro atoms. The summed E-state index contributed by atoms with van der Waals surface area (Å²) in [7, 11) is 2.78. The summed E-state index contributed by atoms with van der Waals surface area (Å²) >= 11 is 0. The summed E-state index contributed by atoms with van der Waals surface area (Å²) in [6.07, 6.45) is 2.94. The number of benzene rings is 1. The average molecular weight is 298 g/mol. The fraction of sp³-hybridized carbons (Fsp3) is 0.154. The van der Waals surface area contributed by atoms with Crippen molar-refractivity contribution in [1.29, 1.82) is 0 Å². The van der Waals surface area contributed by atoms with Gasteiger partial charge in [0.2, 0.25) is 0 Å². The van der Waals surface area contributed by atoms with E-state index < -0.39 is 5.97 Å². The molecule has 7 nitrogen and oxygen atoms in total. The first-order valence-electron chi connectivity index (χ1n) is 5.58. The largest absolute Gasteiger partial charge is 1.00 e. The number of hydrogen-bond acceptors (Lipinski definition) is 7. The second-order valence-corrected chi connectivity index (χ2v) is 3.62. The molecule has 0 amide bonds. The van der Waals surface area contributed by atoms with Crippen molar-refractivity contribution in [2.45, 2.75) is 0 Å². The second kappa shape index (κ2) is 7.82. The predicted octanol–water partition coefficient (Wildman–Crippen LogP) is -2.35. The van der Waals surface area contributed by atoms with Crippen molar-refractivity contribution in [1.82, 2.24) is 9.97 Å². The normalized spacial score (nSPS) is 9.43. The van der Waals surface area contributed by atoms with Crippen LogP contribution < -0.4 is 48.9 Å². The van der Waals surface area contributed by atoms with Crippen molar-refractivity contribution in [2.24, 2.45) is 0 Å². The van der Waals surface area contributed by atoms with E-state index in [-0.39, 0.29) is 52.6 Å². The van der Waals surface area contributed by atoms with Crippen LogP contribution in [0.3, 0.4) is 0 Å². The molecule has 1 aromatic carbocycles. The van der Waals surface area contributed by atoms with Gasteiger partial charge in [-0.3, -0.25) is 0 Å². The average Bonchev–Trinajstić information content (AvgIpc) is 2.47. The number of aromatic nitrogens is 2. The maximum absolute atomic E-state index is 11.2. The van der Waals surface area contributed by atoms with Crippen molar-refractivity contribution in [2.75, 3.05) is 14.2 Å². The third kappa shape index (κ3) is 4.07. The second-order valence-electron chi connectivity index (χ2n) is 3.62. The van der Waals surface area contributed by atoms with E-state index in [1.54, 1.807) is 6.07 Å². The SMILES string of the molecule is COc1cc(OC)c(C(=O)[O-])c(Oc2ncccn2)c1.[Na+]. The van der Waals surface area contributed by atoms with E-state index in [2.05, 4.69) is 9.97 Å². The molecule has 104 valence electrons. The number of carboxylic acid groups (broad SMARTS) is 1. The van der Waals surface area contributed by atoms with Crippen molar-refractivity contribution in [3.05, 3.63) is 36.2 Å². The van der Waals surface area contributed by atoms with E-state index in [1.807, 2.05) is 0 Å². The molecule has 2 rings (SSSR count). The number of ether oxygens (including phenoxy) is 3. The van der Waals surface area contributed by atoms with E-state index in [0.717, 1.165) is 0 Å². The van der Waals surface area contributed by atoms with Crippen LogP contribution >= 0.6 is 0 Å². The molecule has 1 aromatic heterocycles. The van der Waals surface area contributed by atoms with Gasteiger partial charge in [-0.05, 0) is 6.07 Å². The summed E-state index contributed by atoms with van der Waals surface area (Å²) in [6, 6.07) is 4.43. The molecule has 21 heavy (non-hydrogen) atoms. The Kier molecular flexibility index (Phi) is 6.41. The number of carboxylic acids is 1. The van der Waals surface area contributed by atoms with Crippen molar-refractivity contribution in [3.63, 3.8) is 0 Å². The van der Waals surface area contributed by atoms with E-state index in [9.17, 15) is 9.90 Å². The van der Waals surface area contributed by atoms with Crippen LogP contribution in [-0.2, 0) is 0 Å². The number of carbonyl (C=O) groups excluding carboxylic acids is 1. The fourth-order valence-corrected chi connectivity index (χ4v) is 1.56. The van der Waals surface area contributed by atoms with Crippen molar-refractivity contribution in [3.8, 4) is 23.3 Å². The van der Waals surface area contributed by atoms with Gasteiger partial charge in [0, 0.05) is 24.5 Å². The molecule has 0 atom stereocenters. The summed E-state index contributed by atoms with van der Waals surface area (Å²) in [5.41, 5.74) is -0.235. The van der Waals surface area contributed by atoms with Gasteiger partial charge in [0.05, 0.1) is 25.8 Å². The molecule has 0 saturated carbocycles. The molecule has 2 aromatic rings. The Bertz CT molecular complexity index is 621. The Morgan fingerprint density at radius 1 is 1.10 bits per heavy atom. The molecule has 0 bridgehead atoms. The van der Waals surface area contributed by atoms with Crippen LogP contribution in [0.4, 0.5) is 0 Å². The Morgan fingerprint density at radius 2 is 1.71 bits per heavy atom. The molecule has 0 aliphatic heterocycles. The van der Waals surface area contributed by atoms with Gasteiger partial charge in [0.25, 0.3) is 0 Å². The van der Waals surface area contributed by atoms with Gasteiger partial charge < -0.3 is 24.1 Å². The van der Waals surface area contributed by atoms with Crippen LogP contribution in [-0.4, -0.2) is 30.2 Å². The monoisotopic (exact) mass is 298 g/mol. The van der Waals surface area contributed by atoms with Gasteiger partial charge in [-0.15, -0.1) is 0 Å². The van der Waals surface area contributed by atoms with Crippen LogP contribution in [0.5, 0.6) is 23.3 Å². The van der Waals surface area contributed by atoms with E-state index in [1.165, 1.54) is 38.7 Å². The number of methoxy groups -OCH3 is 2. The predicted molar refractivity (Wildman–Crippen MR) is 66.0 cm³/mol. The summed E-state index contributed by atoms with van der Waals surface area (Å²) in [5, 5.41) is 11.2. The first-order chi connectivity index (χ1) is 9.65. The zero-order valence-electron chi connectivity index (χ0n) is 11.8. The minimum Gasteiger partial charge on any atom is -0.545 e. The molecule has 8 heteroatoms. The van der Waals surface area contributed by atoms with Crippen LogP contribution in [0.2, 0.25) is 0 Å². The van der Waals surface area contributed by atoms with Crippen LogP contribution in [0, 0.1) is 0 Å². The zero-order chi connectivity index (χ0) is 14.5. The maximum atomic E-state index is 11.2. The molecule has 0 aliphatic carbocycles. The van der Waals surface area contributed by atoms with Gasteiger partial charge >= 0.3 is 35.6 Å². The van der Waals surface area contributed by atoms with Gasteiger partial charge in [0.15, 0.2) is 0 Å². The van der Waals surface area contributed by atoms with Crippen LogP contribution in [0.1, 0.15) is 10.4 Å². The van der Waals surface area contributed by atoms with Crippen LogP contribution in [0.25, 0.3) is 0 Å². The summed E-state index contributed by atoms with van der Waals surface area (Å²) < 4.78 is 15.4. The standard InChI is InChI=1S/C13H12N2O5.Na/c1-18-8-6-9(19-2)11(12(16)17)10(7-8)20-13-14-4-3-5-15-13;/h3-7H,1-2H3,(H,16,17);/q;+1/p-1. The van der Waals surface area contributed by atoms with Crippen LogP contribution in [0.15, 0.2) is 30.6 Å². The Hall–Kier alpha value is -1.83. The van der Waals surface area contributed by atoms with Gasteiger partial charge in [-0.1, -0.05) is 0 Å². The summed E-state index contributed by atoms with van der Waals surface area (Å²) in [4.78, 5) is 19.0. The van der Waals surface area contributed by atoms with E-state index >= 15 is 0 Å². The molecule has 0 saturated heterocycles. The van der Waals surface area contributed by atoms with Gasteiger partial charge in [-0.25, -0.2) is 9.97 Å². The third-order valence-corrected chi connectivity index (χ3v) is 2.44. The third-order valence-electron chi connectivity index (χ3n) is 2.44. The molecule has 0 N–H and O–H groups in total. The topological polar surface area (TPSA) is 93.6 Å². The van der Waals surface area contributed by atoms with Gasteiger partial charge in [0.1, 0.15) is 17.2 Å². The quantitative estimate of drug-likeness (QED) is 0.571. The summed E-state index contributed by atoms with van der Waals surface area (Å²) in [6.45, 7) is 0. The Morgan fingerprint density at radius 3 is 2.24 bits per heavy atom. The molecule has 0 fully saturated rings. The molecule has 0 aliphatic rings. The molecule has 1 heterocycles. The first kappa shape index (κ1) is 17.2. The fourth-order valence-electron chi connectivity index (χ4n) is 1.56. The van der Waals surface area contributed by atoms with Gasteiger partial charge in [-0.2, -0.15) is 0 Å². The minimum absolute atomic E-state index is 0. The molecule has 0 unspecified atom stereocenters. The Balaban J connectivity index is 0.00000220. The maximum Gasteiger partial charge on any atom is 1.00 e. The number of aromatic carboxylic acids is 1. The number of rotatable bonds is 5. The number of nitrogens with zero attached hydrogens (tertiary/aromatic N) is 2. The first-order valence-corrected chi connectivity index (χ1v) is 5.58. The van der Waals surface area contributed by atoms with Crippen molar-refractivity contribution < 1.29 is 53.7 Å². The number of hydrogen-bond donors (Lipinski definition) is 0. The molecule has 0 radical (unpaired) electrons. The zero-order valence-corrected chi connectivity index (χ0v) is 13.8. The summed E-state index contributed by atoms with van der Waals surface area (Å²) in [5.74, 6) is -1.02. The Labute approximate surface area is 143 Å². The molecular formula is C13H11N2NaO5. The molecular weight excluding hydrogens is 287 g/mol. The minimum atomic E-state index is -1.43. The van der Waals surface area contributed by atoms with E-state index in [0.29, 0.717) is 5.75 Å². The number of carbonyl (C=O) groups is 1. The van der Waals surface area contributed by atoms with Crippen molar-refractivity contribution >= 4 is 5.97 Å².